The van der Waals surface area contributed by atoms with Crippen molar-refractivity contribution in [2.24, 2.45) is 5.92 Å². The van der Waals surface area contributed by atoms with Crippen LogP contribution in [0.5, 0.6) is 0 Å². The number of hydrogen-bond donors (Lipinski definition) is 2. The second kappa shape index (κ2) is 7.08. The molecule has 0 fully saturated rings. The molecule has 0 amide bonds. The minimum Gasteiger partial charge on any atom is -0.369 e. The second-order valence-corrected chi connectivity index (χ2v) is 5.08. The molecule has 0 saturated heterocycles. The van der Waals surface area contributed by atoms with Crippen LogP contribution >= 0.6 is 7.82 Å². The third kappa shape index (κ3) is 6.14. The number of phosphoric acid groups is 1. The Labute approximate surface area is 101 Å². The normalized spacial score (nSPS) is 14.1. The van der Waals surface area contributed by atoms with E-state index in [-0.39, 0.29) is 5.92 Å². The summed E-state index contributed by atoms with van der Waals surface area (Å²) in [5, 5.41) is 1.36. The van der Waals surface area contributed by atoms with Gasteiger partial charge in [-0.1, -0.05) is 20.8 Å². The number of hydrogen-bond acceptors (Lipinski definition) is 5. The highest BCUT2D eigenvalue weighted by Gasteiger charge is 2.34. The molecule has 102 valence electrons. The molecule has 0 radical (unpaired) electrons. The van der Waals surface area contributed by atoms with Crippen LogP contribution in [0.25, 0.3) is 0 Å². The van der Waals surface area contributed by atoms with Crippen LogP contribution in [0.15, 0.2) is 0 Å². The SMILES string of the molecule is CCCN(OC)[C@H](C(=O)OP(=O)(O)O)C(C)C. The van der Waals surface area contributed by atoms with Crippen molar-refractivity contribution in [3.63, 3.8) is 0 Å². The van der Waals surface area contributed by atoms with Crippen LogP contribution in [-0.2, 0) is 18.7 Å². The van der Waals surface area contributed by atoms with Crippen LogP contribution in [0, 0.1) is 5.92 Å². The van der Waals surface area contributed by atoms with E-state index in [1.165, 1.54) is 12.2 Å². The molecule has 0 rings (SSSR count). The summed E-state index contributed by atoms with van der Waals surface area (Å²) < 4.78 is 14.7. The third-order valence-corrected chi connectivity index (χ3v) is 2.49. The molecule has 0 aromatic carbocycles. The molecule has 2 N–H and O–H groups in total. The lowest BCUT2D eigenvalue weighted by molar-refractivity contribution is -0.189. The zero-order chi connectivity index (χ0) is 13.6. The number of phosphoric ester groups is 1. The van der Waals surface area contributed by atoms with Gasteiger partial charge < -0.3 is 9.36 Å². The molecule has 0 aliphatic carbocycles. The van der Waals surface area contributed by atoms with Gasteiger partial charge in [0.25, 0.3) is 0 Å². The molecule has 0 unspecified atom stereocenters. The van der Waals surface area contributed by atoms with E-state index in [2.05, 4.69) is 4.52 Å². The van der Waals surface area contributed by atoms with Gasteiger partial charge in [-0.15, -0.1) is 0 Å². The molecule has 1 atom stereocenters. The number of carbonyl (C=O) groups is 1. The Bertz CT molecular complexity index is 289. The predicted octanol–water partition coefficient (Wildman–Crippen LogP) is 0.920. The first-order chi connectivity index (χ1) is 7.72. The summed E-state index contributed by atoms with van der Waals surface area (Å²) >= 11 is 0. The monoisotopic (exact) mass is 269 g/mol. The van der Waals surface area contributed by atoms with Crippen LogP contribution < -0.4 is 0 Å². The topological polar surface area (TPSA) is 96.3 Å². The summed E-state index contributed by atoms with van der Waals surface area (Å²) in [4.78, 5) is 33.9. The number of nitrogens with zero attached hydrogens (tertiary/aromatic N) is 1. The van der Waals surface area contributed by atoms with E-state index in [1.807, 2.05) is 6.92 Å². The second-order valence-electron chi connectivity index (χ2n) is 3.91. The molecule has 0 aromatic rings. The van der Waals surface area contributed by atoms with E-state index in [0.717, 1.165) is 6.42 Å². The zero-order valence-electron chi connectivity index (χ0n) is 10.5. The Balaban J connectivity index is 4.83. The first-order valence-corrected chi connectivity index (χ1v) is 6.85. The van der Waals surface area contributed by atoms with Crippen molar-refractivity contribution >= 4 is 13.8 Å². The maximum Gasteiger partial charge on any atom is 0.527 e. The van der Waals surface area contributed by atoms with Crippen LogP contribution in [0.2, 0.25) is 0 Å². The molecule has 0 bridgehead atoms. The lowest BCUT2D eigenvalue weighted by Gasteiger charge is -2.29. The molecule has 0 spiro atoms. The first kappa shape index (κ1) is 16.5. The van der Waals surface area contributed by atoms with Crippen molar-refractivity contribution in [1.82, 2.24) is 5.06 Å². The Morgan fingerprint density at radius 1 is 1.41 bits per heavy atom. The van der Waals surface area contributed by atoms with Crippen molar-refractivity contribution in [1.29, 1.82) is 0 Å². The van der Waals surface area contributed by atoms with E-state index in [4.69, 9.17) is 14.6 Å². The minimum absolute atomic E-state index is 0.194. The average Bonchev–Trinajstić information content (AvgIpc) is 2.13. The highest BCUT2D eigenvalue weighted by molar-refractivity contribution is 7.46. The quantitative estimate of drug-likeness (QED) is 0.524. The molecule has 0 aromatic heterocycles. The van der Waals surface area contributed by atoms with Gasteiger partial charge in [0.1, 0.15) is 6.04 Å². The van der Waals surface area contributed by atoms with Gasteiger partial charge in [0.2, 0.25) is 0 Å². The molecule has 17 heavy (non-hydrogen) atoms. The van der Waals surface area contributed by atoms with Crippen LogP contribution in [0.4, 0.5) is 0 Å². The molecule has 7 nitrogen and oxygen atoms in total. The smallest absolute Gasteiger partial charge is 0.369 e. The van der Waals surface area contributed by atoms with Crippen molar-refractivity contribution in [3.8, 4) is 0 Å². The molecule has 0 aliphatic heterocycles. The van der Waals surface area contributed by atoms with Gasteiger partial charge in [-0.3, -0.25) is 9.79 Å². The maximum atomic E-state index is 11.6. The zero-order valence-corrected chi connectivity index (χ0v) is 11.4. The number of rotatable bonds is 7. The number of carbonyl (C=O) groups excluding carboxylic acids is 1. The fourth-order valence-electron chi connectivity index (χ4n) is 1.46. The Morgan fingerprint density at radius 2 is 1.94 bits per heavy atom. The van der Waals surface area contributed by atoms with Crippen molar-refractivity contribution in [3.05, 3.63) is 0 Å². The lowest BCUT2D eigenvalue weighted by atomic mass is 10.0. The van der Waals surface area contributed by atoms with Crippen LogP contribution in [-0.4, -0.2) is 40.5 Å². The first-order valence-electron chi connectivity index (χ1n) is 5.32. The van der Waals surface area contributed by atoms with Gasteiger partial charge in [0.05, 0.1) is 7.11 Å². The van der Waals surface area contributed by atoms with Gasteiger partial charge in [0, 0.05) is 6.54 Å². The molecule has 8 heteroatoms. The molecular weight excluding hydrogens is 249 g/mol. The minimum atomic E-state index is -4.82. The van der Waals surface area contributed by atoms with E-state index in [0.29, 0.717) is 6.54 Å². The fourth-order valence-corrected chi connectivity index (χ4v) is 1.80. The molecular formula is C9H20NO6P. The summed E-state index contributed by atoms with van der Waals surface area (Å²) in [6, 6.07) is -0.840. The number of hydroxylamine groups is 2. The van der Waals surface area contributed by atoms with Gasteiger partial charge in [-0.25, -0.2) is 9.36 Å². The van der Waals surface area contributed by atoms with Crippen LogP contribution in [0.1, 0.15) is 27.2 Å². The Kier molecular flexibility index (Phi) is 6.89. The largest absolute Gasteiger partial charge is 0.527 e. The highest BCUT2D eigenvalue weighted by Crippen LogP contribution is 2.37. The van der Waals surface area contributed by atoms with Crippen molar-refractivity contribution < 1.29 is 28.5 Å². The Hall–Kier alpha value is -0.460. The fraction of sp³-hybridized carbons (Fsp3) is 0.889. The van der Waals surface area contributed by atoms with E-state index in [9.17, 15) is 9.36 Å². The summed E-state index contributed by atoms with van der Waals surface area (Å²) in [7, 11) is -3.42. The van der Waals surface area contributed by atoms with Crippen molar-refractivity contribution in [2.75, 3.05) is 13.7 Å². The lowest BCUT2D eigenvalue weighted by Crippen LogP contribution is -2.45. The van der Waals surface area contributed by atoms with Gasteiger partial charge >= 0.3 is 13.8 Å². The van der Waals surface area contributed by atoms with Crippen molar-refractivity contribution in [2.45, 2.75) is 33.2 Å². The van der Waals surface area contributed by atoms with Gasteiger partial charge in [-0.05, 0) is 12.3 Å². The molecule has 0 saturated carbocycles. The summed E-state index contributed by atoms with van der Waals surface area (Å²) in [6.07, 6.45) is 0.736. The molecule has 0 aliphatic rings. The summed E-state index contributed by atoms with van der Waals surface area (Å²) in [5.41, 5.74) is 0. The standard InChI is InChI=1S/C9H20NO6P/c1-5-6-10(15-4)8(7(2)3)9(11)16-17(12,13)14/h7-8H,5-6H2,1-4H3,(H2,12,13,14)/t8-/m0/s1. The highest BCUT2D eigenvalue weighted by atomic mass is 31.2. The predicted molar refractivity (Wildman–Crippen MR) is 60.8 cm³/mol. The van der Waals surface area contributed by atoms with E-state index < -0.39 is 19.8 Å². The van der Waals surface area contributed by atoms with E-state index in [1.54, 1.807) is 13.8 Å². The van der Waals surface area contributed by atoms with Gasteiger partial charge in [-0.2, -0.15) is 5.06 Å². The third-order valence-electron chi connectivity index (χ3n) is 2.07. The molecule has 0 heterocycles. The summed E-state index contributed by atoms with van der Waals surface area (Å²) in [5.74, 6) is -1.18. The summed E-state index contributed by atoms with van der Waals surface area (Å²) in [6.45, 7) is 5.86. The maximum absolute atomic E-state index is 11.6. The van der Waals surface area contributed by atoms with Gasteiger partial charge in [0.15, 0.2) is 0 Å². The van der Waals surface area contributed by atoms with E-state index >= 15 is 0 Å². The van der Waals surface area contributed by atoms with Crippen LogP contribution in [0.3, 0.4) is 0 Å². The Morgan fingerprint density at radius 3 is 2.24 bits per heavy atom. The average molecular weight is 269 g/mol.